The van der Waals surface area contributed by atoms with Gasteiger partial charge in [-0.25, -0.2) is 20.8 Å². The average molecular weight is 349 g/mol. The zero-order valence-corrected chi connectivity index (χ0v) is 12.9. The van der Waals surface area contributed by atoms with Gasteiger partial charge in [-0.05, 0) is 12.1 Å². The highest BCUT2D eigenvalue weighted by Crippen LogP contribution is 2.33. The second-order valence-electron chi connectivity index (χ2n) is 5.82. The fourth-order valence-electron chi connectivity index (χ4n) is 2.80. The molecule has 0 amide bonds. The molecule has 2 aromatic heterocycles. The fourth-order valence-corrected chi connectivity index (χ4v) is 2.80. The molecule has 3 aromatic rings. The number of hydrogen-bond donors (Lipinski definition) is 3. The molecule has 10 heteroatoms. The summed E-state index contributed by atoms with van der Waals surface area (Å²) in [5.74, 6) is 5.02. The monoisotopic (exact) mass is 349 g/mol. The van der Waals surface area contributed by atoms with Crippen LogP contribution in [0.2, 0.25) is 0 Å². The molecule has 0 unspecified atom stereocenters. The molecular weight excluding hydrogens is 335 g/mol. The smallest absolute Gasteiger partial charge is 0.355 e. The van der Waals surface area contributed by atoms with E-state index in [1.807, 2.05) is 24.3 Å². The minimum absolute atomic E-state index is 0.0792. The van der Waals surface area contributed by atoms with E-state index in [0.29, 0.717) is 13.1 Å². The Morgan fingerprint density at radius 2 is 1.92 bits per heavy atom. The molecule has 130 valence electrons. The van der Waals surface area contributed by atoms with Gasteiger partial charge in [0, 0.05) is 19.2 Å². The standard InChI is InChI=1S/C15H14F3N7/c16-15(17,18)14-22-11(24-19)5-12(23-14)25-6-8(7-25)13-20-9-3-1-2-4-10(9)21-13/h1-5,8H,6-7,19H2,(H,20,21)(H,22,23,24). The van der Waals surface area contributed by atoms with Gasteiger partial charge in [0.25, 0.3) is 0 Å². The summed E-state index contributed by atoms with van der Waals surface area (Å²) in [5, 5.41) is 0. The van der Waals surface area contributed by atoms with E-state index in [1.54, 1.807) is 4.90 Å². The molecule has 4 rings (SSSR count). The second kappa shape index (κ2) is 5.59. The number of imidazole rings is 1. The van der Waals surface area contributed by atoms with Crippen LogP contribution in [0.1, 0.15) is 17.6 Å². The number of rotatable bonds is 3. The Balaban J connectivity index is 1.55. The van der Waals surface area contributed by atoms with Gasteiger partial charge in [-0.3, -0.25) is 0 Å². The molecule has 25 heavy (non-hydrogen) atoms. The highest BCUT2D eigenvalue weighted by molar-refractivity contribution is 5.75. The number of nitrogens with two attached hydrogens (primary N) is 1. The largest absolute Gasteiger partial charge is 0.451 e. The van der Waals surface area contributed by atoms with Gasteiger partial charge in [-0.2, -0.15) is 13.2 Å². The van der Waals surface area contributed by atoms with E-state index in [9.17, 15) is 13.2 Å². The van der Waals surface area contributed by atoms with Crippen molar-refractivity contribution in [2.45, 2.75) is 12.1 Å². The number of aromatic nitrogens is 4. The summed E-state index contributed by atoms with van der Waals surface area (Å²) < 4.78 is 38.7. The molecule has 0 spiro atoms. The Kier molecular flexibility index (Phi) is 3.49. The van der Waals surface area contributed by atoms with Crippen LogP contribution in [-0.4, -0.2) is 33.0 Å². The third-order valence-corrected chi connectivity index (χ3v) is 4.11. The Morgan fingerprint density at radius 3 is 2.60 bits per heavy atom. The van der Waals surface area contributed by atoms with Crippen LogP contribution in [0.4, 0.5) is 24.8 Å². The third-order valence-electron chi connectivity index (χ3n) is 4.11. The topological polar surface area (TPSA) is 95.8 Å². The van der Waals surface area contributed by atoms with E-state index in [1.165, 1.54) is 6.07 Å². The number of benzene rings is 1. The normalized spacial score (nSPS) is 15.4. The summed E-state index contributed by atoms with van der Waals surface area (Å²) in [7, 11) is 0. The van der Waals surface area contributed by atoms with E-state index in [4.69, 9.17) is 5.84 Å². The molecular formula is C15H14F3N7. The van der Waals surface area contributed by atoms with Gasteiger partial charge >= 0.3 is 6.18 Å². The molecule has 0 saturated carbocycles. The zero-order valence-electron chi connectivity index (χ0n) is 12.9. The Morgan fingerprint density at radius 1 is 1.16 bits per heavy atom. The van der Waals surface area contributed by atoms with E-state index >= 15 is 0 Å². The maximum absolute atomic E-state index is 12.9. The van der Waals surface area contributed by atoms with Crippen LogP contribution < -0.4 is 16.2 Å². The number of fused-ring (bicyclic) bond motifs is 1. The molecule has 1 aliphatic rings. The number of anilines is 2. The number of aromatic amines is 1. The lowest BCUT2D eigenvalue weighted by molar-refractivity contribution is -0.144. The van der Waals surface area contributed by atoms with Crippen molar-refractivity contribution in [2.75, 3.05) is 23.4 Å². The van der Waals surface area contributed by atoms with Gasteiger partial charge < -0.3 is 15.3 Å². The quantitative estimate of drug-likeness (QED) is 0.496. The van der Waals surface area contributed by atoms with Gasteiger partial charge in [-0.15, -0.1) is 0 Å². The number of para-hydroxylation sites is 2. The van der Waals surface area contributed by atoms with Crippen molar-refractivity contribution in [3.63, 3.8) is 0 Å². The van der Waals surface area contributed by atoms with E-state index in [0.717, 1.165) is 16.9 Å². The summed E-state index contributed by atoms with van der Waals surface area (Å²) in [4.78, 5) is 16.5. The summed E-state index contributed by atoms with van der Waals surface area (Å²) >= 11 is 0. The van der Waals surface area contributed by atoms with Gasteiger partial charge in [0.1, 0.15) is 17.5 Å². The molecule has 1 fully saturated rings. The minimum atomic E-state index is -4.63. The van der Waals surface area contributed by atoms with E-state index < -0.39 is 12.0 Å². The minimum Gasteiger partial charge on any atom is -0.355 e. The number of hydrogen-bond acceptors (Lipinski definition) is 6. The summed E-state index contributed by atoms with van der Waals surface area (Å²) in [6.07, 6.45) is -4.63. The van der Waals surface area contributed by atoms with Crippen LogP contribution in [0.25, 0.3) is 11.0 Å². The van der Waals surface area contributed by atoms with Crippen molar-refractivity contribution in [3.8, 4) is 0 Å². The lowest BCUT2D eigenvalue weighted by Crippen LogP contribution is -2.46. The van der Waals surface area contributed by atoms with Crippen molar-refractivity contribution in [2.24, 2.45) is 5.84 Å². The lowest BCUT2D eigenvalue weighted by Gasteiger charge is -2.39. The SMILES string of the molecule is NNc1cc(N2CC(c3nc4ccccc4[nH]3)C2)nc(C(F)(F)F)n1. The fraction of sp³-hybridized carbons (Fsp3) is 0.267. The number of nitrogens with one attached hydrogen (secondary N) is 2. The lowest BCUT2D eigenvalue weighted by atomic mass is 9.99. The van der Waals surface area contributed by atoms with Gasteiger partial charge in [0.15, 0.2) is 0 Å². The van der Waals surface area contributed by atoms with Crippen molar-refractivity contribution in [3.05, 3.63) is 42.0 Å². The van der Waals surface area contributed by atoms with Gasteiger partial charge in [0.05, 0.1) is 17.0 Å². The van der Waals surface area contributed by atoms with E-state index in [2.05, 4.69) is 25.4 Å². The Bertz CT molecular complexity index is 882. The first-order valence-corrected chi connectivity index (χ1v) is 7.56. The number of hydrazine groups is 1. The van der Waals surface area contributed by atoms with Crippen LogP contribution in [0, 0.1) is 0 Å². The predicted octanol–water partition coefficient (Wildman–Crippen LogP) is 2.26. The molecule has 1 aliphatic heterocycles. The molecule has 4 N–H and O–H groups in total. The molecule has 7 nitrogen and oxygen atoms in total. The van der Waals surface area contributed by atoms with Crippen LogP contribution in [-0.2, 0) is 6.18 Å². The predicted molar refractivity (Wildman–Crippen MR) is 85.9 cm³/mol. The number of H-pyrrole nitrogens is 1. The number of nitrogens with zero attached hydrogens (tertiary/aromatic N) is 4. The van der Waals surface area contributed by atoms with Gasteiger partial charge in [-0.1, -0.05) is 12.1 Å². The van der Waals surface area contributed by atoms with Crippen molar-refractivity contribution >= 4 is 22.7 Å². The molecule has 1 aromatic carbocycles. The number of halogens is 3. The highest BCUT2D eigenvalue weighted by atomic mass is 19.4. The maximum atomic E-state index is 12.9. The number of alkyl halides is 3. The van der Waals surface area contributed by atoms with Crippen LogP contribution in [0.15, 0.2) is 30.3 Å². The zero-order chi connectivity index (χ0) is 17.6. The third kappa shape index (κ3) is 2.84. The molecule has 3 heterocycles. The second-order valence-corrected chi connectivity index (χ2v) is 5.82. The van der Waals surface area contributed by atoms with Crippen LogP contribution in [0.5, 0.6) is 0 Å². The maximum Gasteiger partial charge on any atom is 0.451 e. The number of nitrogen functional groups attached to an aromatic ring is 1. The summed E-state index contributed by atoms with van der Waals surface area (Å²) in [6.45, 7) is 1.02. The average Bonchev–Trinajstić information content (AvgIpc) is 2.95. The summed E-state index contributed by atoms with van der Waals surface area (Å²) in [6, 6.07) is 9.05. The Labute approximate surface area is 140 Å². The first-order valence-electron chi connectivity index (χ1n) is 7.56. The summed E-state index contributed by atoms with van der Waals surface area (Å²) in [5.41, 5.74) is 3.95. The van der Waals surface area contributed by atoms with E-state index in [-0.39, 0.29) is 17.6 Å². The first-order chi connectivity index (χ1) is 11.9. The van der Waals surface area contributed by atoms with Crippen LogP contribution in [0.3, 0.4) is 0 Å². The van der Waals surface area contributed by atoms with Crippen molar-refractivity contribution < 1.29 is 13.2 Å². The van der Waals surface area contributed by atoms with Crippen molar-refractivity contribution in [1.82, 2.24) is 19.9 Å². The molecule has 0 radical (unpaired) electrons. The van der Waals surface area contributed by atoms with Crippen molar-refractivity contribution in [1.29, 1.82) is 0 Å². The molecule has 0 atom stereocenters. The molecule has 1 saturated heterocycles. The Hall–Kier alpha value is -2.88. The molecule has 0 bridgehead atoms. The first kappa shape index (κ1) is 15.6. The molecule has 0 aliphatic carbocycles. The van der Waals surface area contributed by atoms with Gasteiger partial charge in [0.2, 0.25) is 5.82 Å². The highest BCUT2D eigenvalue weighted by Gasteiger charge is 2.37. The van der Waals surface area contributed by atoms with Crippen LogP contribution >= 0.6 is 0 Å².